The van der Waals surface area contributed by atoms with E-state index in [-0.39, 0.29) is 6.03 Å². The lowest BCUT2D eigenvalue weighted by atomic mass is 10.1. The molecule has 0 aromatic heterocycles. The van der Waals surface area contributed by atoms with Crippen molar-refractivity contribution in [3.05, 3.63) is 24.3 Å². The molecule has 0 saturated carbocycles. The van der Waals surface area contributed by atoms with Crippen molar-refractivity contribution in [3.63, 3.8) is 0 Å². The van der Waals surface area contributed by atoms with Crippen LogP contribution in [-0.4, -0.2) is 47.1 Å². The molecule has 0 spiro atoms. The van der Waals surface area contributed by atoms with Crippen molar-refractivity contribution in [3.8, 4) is 0 Å². The van der Waals surface area contributed by atoms with Crippen LogP contribution < -0.4 is 10.6 Å². The molecule has 0 unspecified atom stereocenters. The molecule has 2 N–H and O–H groups in total. The number of benzene rings is 1. The van der Waals surface area contributed by atoms with Gasteiger partial charge in [0.05, 0.1) is 0 Å². The summed E-state index contributed by atoms with van der Waals surface area (Å²) in [6.07, 6.45) is 7.15. The standard InChI is InChI=1S/C18H26N4OS/c23-17(21-11-3-1-4-12-21)19-15-7-9-16(10-8-15)20-18(24)22-13-5-2-6-14-22/h7-10H,1-6,11-14H2,(H,19,23)(H,20,24). The number of piperidine rings is 2. The predicted molar refractivity (Wildman–Crippen MR) is 103 cm³/mol. The number of nitrogens with one attached hydrogen (secondary N) is 2. The number of carbonyl (C=O) groups excluding carboxylic acids is 1. The van der Waals surface area contributed by atoms with E-state index in [0.29, 0.717) is 0 Å². The monoisotopic (exact) mass is 346 g/mol. The molecule has 1 aromatic rings. The first-order valence-electron chi connectivity index (χ1n) is 8.94. The number of nitrogens with zero attached hydrogens (tertiary/aromatic N) is 2. The number of amides is 2. The van der Waals surface area contributed by atoms with Gasteiger partial charge in [-0.25, -0.2) is 4.79 Å². The number of carbonyl (C=O) groups is 1. The Morgan fingerprint density at radius 2 is 1.21 bits per heavy atom. The van der Waals surface area contributed by atoms with Gasteiger partial charge in [-0.2, -0.15) is 0 Å². The second kappa shape index (κ2) is 8.33. The van der Waals surface area contributed by atoms with Gasteiger partial charge >= 0.3 is 6.03 Å². The third-order valence-electron chi connectivity index (χ3n) is 4.67. The van der Waals surface area contributed by atoms with Crippen LogP contribution in [0.4, 0.5) is 16.2 Å². The minimum atomic E-state index is -0.000697. The predicted octanol–water partition coefficient (Wildman–Crippen LogP) is 3.89. The fourth-order valence-electron chi connectivity index (χ4n) is 3.24. The smallest absolute Gasteiger partial charge is 0.321 e. The zero-order valence-corrected chi connectivity index (χ0v) is 14.9. The molecule has 24 heavy (non-hydrogen) atoms. The van der Waals surface area contributed by atoms with Crippen molar-refractivity contribution in [1.29, 1.82) is 0 Å². The number of hydrogen-bond acceptors (Lipinski definition) is 2. The summed E-state index contributed by atoms with van der Waals surface area (Å²) in [6, 6.07) is 7.76. The third-order valence-corrected chi connectivity index (χ3v) is 5.03. The minimum absolute atomic E-state index is 0.000697. The van der Waals surface area contributed by atoms with Gasteiger partial charge in [0.15, 0.2) is 5.11 Å². The highest BCUT2D eigenvalue weighted by Crippen LogP contribution is 2.17. The summed E-state index contributed by atoms with van der Waals surface area (Å²) in [5.74, 6) is 0. The Balaban J connectivity index is 1.51. The van der Waals surface area contributed by atoms with E-state index in [4.69, 9.17) is 12.2 Å². The maximum atomic E-state index is 12.2. The van der Waals surface area contributed by atoms with E-state index in [0.717, 1.165) is 55.5 Å². The first-order chi connectivity index (χ1) is 11.7. The number of thiocarbonyl (C=S) groups is 1. The van der Waals surface area contributed by atoms with Crippen LogP contribution in [0.2, 0.25) is 0 Å². The molecule has 1 aromatic carbocycles. The summed E-state index contributed by atoms with van der Waals surface area (Å²) >= 11 is 5.48. The highest BCUT2D eigenvalue weighted by molar-refractivity contribution is 7.80. The molecule has 2 aliphatic heterocycles. The van der Waals surface area contributed by atoms with Crippen molar-refractivity contribution in [1.82, 2.24) is 9.80 Å². The van der Waals surface area contributed by atoms with Gasteiger partial charge in [-0.05, 0) is 75.0 Å². The van der Waals surface area contributed by atoms with Crippen LogP contribution in [-0.2, 0) is 0 Å². The van der Waals surface area contributed by atoms with Crippen molar-refractivity contribution in [2.45, 2.75) is 38.5 Å². The molecule has 0 bridgehead atoms. The van der Waals surface area contributed by atoms with Crippen LogP contribution in [0.15, 0.2) is 24.3 Å². The summed E-state index contributed by atoms with van der Waals surface area (Å²) in [5.41, 5.74) is 1.78. The molecule has 2 amide bonds. The molecule has 2 aliphatic rings. The van der Waals surface area contributed by atoms with Crippen molar-refractivity contribution in [2.75, 3.05) is 36.8 Å². The molecule has 2 fully saturated rings. The van der Waals surface area contributed by atoms with Crippen LogP contribution in [0.3, 0.4) is 0 Å². The summed E-state index contributed by atoms with van der Waals surface area (Å²) in [6.45, 7) is 3.79. The lowest BCUT2D eigenvalue weighted by Crippen LogP contribution is -2.38. The molecular formula is C18H26N4OS. The number of hydrogen-bond donors (Lipinski definition) is 2. The Hall–Kier alpha value is -1.82. The van der Waals surface area contributed by atoms with E-state index in [1.54, 1.807) is 0 Å². The van der Waals surface area contributed by atoms with Gasteiger partial charge in [0.1, 0.15) is 0 Å². The minimum Gasteiger partial charge on any atom is -0.349 e. The van der Waals surface area contributed by atoms with Crippen molar-refractivity contribution >= 4 is 34.7 Å². The highest BCUT2D eigenvalue weighted by Gasteiger charge is 2.16. The summed E-state index contributed by atoms with van der Waals surface area (Å²) in [7, 11) is 0. The Kier molecular flexibility index (Phi) is 5.91. The van der Waals surface area contributed by atoms with Crippen LogP contribution >= 0.6 is 12.2 Å². The number of rotatable bonds is 2. The second-order valence-corrected chi connectivity index (χ2v) is 6.92. The van der Waals surface area contributed by atoms with E-state index in [1.807, 2.05) is 29.2 Å². The van der Waals surface area contributed by atoms with E-state index >= 15 is 0 Å². The first-order valence-corrected chi connectivity index (χ1v) is 9.35. The largest absolute Gasteiger partial charge is 0.349 e. The Morgan fingerprint density at radius 1 is 0.750 bits per heavy atom. The normalized spacial score (nSPS) is 18.2. The number of urea groups is 1. The zero-order valence-electron chi connectivity index (χ0n) is 14.1. The van der Waals surface area contributed by atoms with E-state index in [1.165, 1.54) is 25.7 Å². The van der Waals surface area contributed by atoms with Crippen LogP contribution in [0.1, 0.15) is 38.5 Å². The molecule has 2 saturated heterocycles. The average molecular weight is 347 g/mol. The van der Waals surface area contributed by atoms with Crippen molar-refractivity contribution < 1.29 is 4.79 Å². The average Bonchev–Trinajstić information content (AvgIpc) is 2.65. The fraction of sp³-hybridized carbons (Fsp3) is 0.556. The summed E-state index contributed by atoms with van der Waals surface area (Å²) in [5, 5.41) is 7.05. The Labute approximate surface area is 149 Å². The molecule has 5 nitrogen and oxygen atoms in total. The zero-order chi connectivity index (χ0) is 16.8. The molecule has 0 atom stereocenters. The SMILES string of the molecule is O=C(Nc1ccc(NC(=S)N2CCCCC2)cc1)N1CCCCC1. The Morgan fingerprint density at radius 3 is 1.75 bits per heavy atom. The van der Waals surface area contributed by atoms with E-state index in [2.05, 4.69) is 15.5 Å². The quantitative estimate of drug-likeness (QED) is 0.798. The van der Waals surface area contributed by atoms with Crippen LogP contribution in [0.5, 0.6) is 0 Å². The maximum Gasteiger partial charge on any atom is 0.321 e. The molecule has 0 aliphatic carbocycles. The first kappa shape index (κ1) is 17.0. The van der Waals surface area contributed by atoms with E-state index in [9.17, 15) is 4.79 Å². The lowest BCUT2D eigenvalue weighted by Gasteiger charge is -2.29. The van der Waals surface area contributed by atoms with Gasteiger partial charge in [-0.3, -0.25) is 0 Å². The topological polar surface area (TPSA) is 47.6 Å². The van der Waals surface area contributed by atoms with Gasteiger partial charge in [-0.15, -0.1) is 0 Å². The summed E-state index contributed by atoms with van der Waals surface area (Å²) < 4.78 is 0. The number of anilines is 2. The van der Waals surface area contributed by atoms with Gasteiger partial charge in [-0.1, -0.05) is 0 Å². The molecule has 2 heterocycles. The lowest BCUT2D eigenvalue weighted by molar-refractivity contribution is 0.200. The van der Waals surface area contributed by atoms with Gasteiger partial charge in [0, 0.05) is 37.6 Å². The molecule has 6 heteroatoms. The summed E-state index contributed by atoms with van der Waals surface area (Å²) in [4.78, 5) is 16.3. The molecule has 130 valence electrons. The third kappa shape index (κ3) is 4.60. The Bertz CT molecular complexity index is 512. The molecule has 3 rings (SSSR count). The van der Waals surface area contributed by atoms with Gasteiger partial charge in [0.2, 0.25) is 0 Å². The van der Waals surface area contributed by atoms with Crippen LogP contribution in [0, 0.1) is 0 Å². The highest BCUT2D eigenvalue weighted by atomic mass is 32.1. The van der Waals surface area contributed by atoms with E-state index < -0.39 is 0 Å². The van der Waals surface area contributed by atoms with Crippen LogP contribution in [0.25, 0.3) is 0 Å². The van der Waals surface area contributed by atoms with Gasteiger partial charge in [0.25, 0.3) is 0 Å². The molecular weight excluding hydrogens is 320 g/mol. The fourth-order valence-corrected chi connectivity index (χ4v) is 3.54. The second-order valence-electron chi connectivity index (χ2n) is 6.53. The molecule has 0 radical (unpaired) electrons. The maximum absolute atomic E-state index is 12.2. The van der Waals surface area contributed by atoms with Crippen molar-refractivity contribution in [2.24, 2.45) is 0 Å². The number of likely N-dealkylation sites (tertiary alicyclic amines) is 2. The van der Waals surface area contributed by atoms with Gasteiger partial charge < -0.3 is 20.4 Å².